The summed E-state index contributed by atoms with van der Waals surface area (Å²) in [6.07, 6.45) is 2.50. The number of rotatable bonds is 5. The zero-order valence-electron chi connectivity index (χ0n) is 33.4. The fourth-order valence-corrected chi connectivity index (χ4v) is 9.75. The van der Waals surface area contributed by atoms with Crippen LogP contribution in [0.3, 0.4) is 0 Å². The van der Waals surface area contributed by atoms with Crippen molar-refractivity contribution in [2.45, 2.75) is 56.1 Å². The molecule has 5 aliphatic heterocycles. The van der Waals surface area contributed by atoms with Crippen molar-refractivity contribution < 1.29 is 27.4 Å². The molecule has 1 amide bonds. The molecule has 5 aliphatic rings. The highest BCUT2D eigenvalue weighted by Crippen LogP contribution is 2.44. The molecule has 6 aromatic rings. The van der Waals surface area contributed by atoms with Crippen molar-refractivity contribution in [2.75, 3.05) is 75.2 Å². The quantitative estimate of drug-likeness (QED) is 0.268. The molecule has 0 saturated carbocycles. The first-order valence-corrected chi connectivity index (χ1v) is 20.3. The number of aryl methyl sites for hydroxylation is 1. The second-order valence-corrected chi connectivity index (χ2v) is 16.8. The fourth-order valence-electron chi connectivity index (χ4n) is 9.75. The monoisotopic (exact) mass is 820 g/mol. The third kappa shape index (κ3) is 5.89. The molecule has 60 heavy (non-hydrogen) atoms. The summed E-state index contributed by atoms with van der Waals surface area (Å²) >= 11 is 0. The molecule has 11 rings (SSSR count). The number of halogens is 3. The third-order valence-electron chi connectivity index (χ3n) is 13.1. The van der Waals surface area contributed by atoms with Crippen molar-refractivity contribution in [3.05, 3.63) is 78.0 Å². The Hall–Kier alpha value is -5.85. The lowest BCUT2D eigenvalue weighted by atomic mass is 9.76. The number of carbonyl (C=O) groups excluding carboxylic acids is 1. The maximum atomic E-state index is 15.4. The van der Waals surface area contributed by atoms with E-state index >= 15 is 8.78 Å². The molecule has 4 saturated heterocycles. The van der Waals surface area contributed by atoms with Crippen LogP contribution in [0.15, 0.2) is 54.7 Å². The maximum absolute atomic E-state index is 15.4. The van der Waals surface area contributed by atoms with Gasteiger partial charge in [-0.25, -0.2) is 27.8 Å². The Bertz CT molecular complexity index is 2700. The number of benzene rings is 2. The van der Waals surface area contributed by atoms with E-state index in [0.29, 0.717) is 76.8 Å². The van der Waals surface area contributed by atoms with Gasteiger partial charge in [0.15, 0.2) is 11.5 Å². The van der Waals surface area contributed by atoms with Gasteiger partial charge in [0, 0.05) is 70.6 Å². The molecule has 310 valence electrons. The number of fused-ring (bicyclic) bond motifs is 6. The van der Waals surface area contributed by atoms with Crippen LogP contribution in [0.2, 0.25) is 0 Å². The molecule has 3 atom stereocenters. The average molecular weight is 821 g/mol. The van der Waals surface area contributed by atoms with Crippen molar-refractivity contribution in [3.8, 4) is 16.9 Å². The van der Waals surface area contributed by atoms with E-state index in [4.69, 9.17) is 29.4 Å². The molecule has 0 radical (unpaired) electrons. The number of methoxy groups -OCH3 is 1. The first-order valence-electron chi connectivity index (χ1n) is 20.3. The molecule has 4 bridgehead atoms. The Kier molecular flexibility index (Phi) is 8.58. The highest BCUT2D eigenvalue weighted by molar-refractivity contribution is 5.94. The van der Waals surface area contributed by atoms with Gasteiger partial charge in [0.2, 0.25) is 11.9 Å². The van der Waals surface area contributed by atoms with E-state index in [0.717, 1.165) is 50.9 Å². The molecule has 2 aromatic carbocycles. The van der Waals surface area contributed by atoms with Crippen LogP contribution < -0.4 is 15.1 Å². The van der Waals surface area contributed by atoms with Crippen LogP contribution in [0.4, 0.5) is 30.8 Å². The van der Waals surface area contributed by atoms with Crippen LogP contribution in [-0.2, 0) is 20.8 Å². The van der Waals surface area contributed by atoms with E-state index in [1.165, 1.54) is 28.9 Å². The number of carbonyl (C=O) groups is 1. The van der Waals surface area contributed by atoms with Crippen molar-refractivity contribution in [1.29, 1.82) is 0 Å². The molecular weight excluding hydrogens is 778 g/mol. The highest BCUT2D eigenvalue weighted by atomic mass is 19.1. The fraction of sp³-hybridized carbons (Fsp3) is 0.429. The number of pyridine rings is 1. The van der Waals surface area contributed by atoms with Crippen LogP contribution in [0.25, 0.3) is 39.0 Å². The van der Waals surface area contributed by atoms with Gasteiger partial charge in [-0.15, -0.1) is 0 Å². The maximum Gasteiger partial charge on any atom is 0.245 e. The summed E-state index contributed by atoms with van der Waals surface area (Å²) in [5, 5.41) is 8.69. The first kappa shape index (κ1) is 37.2. The lowest BCUT2D eigenvalue weighted by molar-refractivity contribution is -0.132. The smallest absolute Gasteiger partial charge is 0.245 e. The molecule has 1 spiro atoms. The van der Waals surface area contributed by atoms with E-state index in [-0.39, 0.29) is 29.7 Å². The van der Waals surface area contributed by atoms with Crippen molar-refractivity contribution in [2.24, 2.45) is 0 Å². The highest BCUT2D eigenvalue weighted by Gasteiger charge is 2.57. The number of nitrogens with one attached hydrogen (secondary N) is 1. The van der Waals surface area contributed by atoms with E-state index in [9.17, 15) is 9.18 Å². The Morgan fingerprint density at radius 1 is 0.967 bits per heavy atom. The van der Waals surface area contributed by atoms with E-state index in [2.05, 4.69) is 20.2 Å². The Labute approximate surface area is 342 Å². The van der Waals surface area contributed by atoms with E-state index in [1.54, 1.807) is 25.3 Å². The van der Waals surface area contributed by atoms with Crippen molar-refractivity contribution in [1.82, 2.24) is 44.1 Å². The SMILES string of the molecule is CO[C@H]1CN(C)C(=O)[C@@H]2C[C@@H](CN2c2nc(N3CCC34CN(C3COC3)C4)nc3c2cnn3-c2ccc(F)cc2F)Nc2cccc(n2)-c2cc(F)cc3nc(C)n(c23)C1. The number of nitrogens with zero attached hydrogens (tertiary/aromatic N) is 11. The Morgan fingerprint density at radius 3 is 2.57 bits per heavy atom. The number of likely N-dealkylation sites (N-methyl/N-ethyl adjacent to an activating group) is 1. The van der Waals surface area contributed by atoms with Gasteiger partial charge in [0.25, 0.3) is 0 Å². The molecule has 18 heteroatoms. The number of imidazole rings is 1. The summed E-state index contributed by atoms with van der Waals surface area (Å²) in [4.78, 5) is 43.2. The topological polar surface area (TPSA) is 135 Å². The van der Waals surface area contributed by atoms with Gasteiger partial charge >= 0.3 is 0 Å². The minimum Gasteiger partial charge on any atom is -0.378 e. The average Bonchev–Trinajstić information content (AvgIpc) is 3.88. The van der Waals surface area contributed by atoms with Crippen LogP contribution in [0.1, 0.15) is 18.7 Å². The summed E-state index contributed by atoms with van der Waals surface area (Å²) in [6.45, 7) is 6.69. The third-order valence-corrected chi connectivity index (χ3v) is 13.1. The minimum absolute atomic E-state index is 0.0401. The van der Waals surface area contributed by atoms with Crippen LogP contribution in [0.5, 0.6) is 0 Å². The van der Waals surface area contributed by atoms with Gasteiger partial charge in [-0.05, 0) is 50.1 Å². The van der Waals surface area contributed by atoms with Gasteiger partial charge in [-0.2, -0.15) is 15.1 Å². The molecule has 0 unspecified atom stereocenters. The van der Waals surface area contributed by atoms with Crippen molar-refractivity contribution in [3.63, 3.8) is 0 Å². The summed E-state index contributed by atoms with van der Waals surface area (Å²) in [5.74, 6) is 0.127. The van der Waals surface area contributed by atoms with Crippen LogP contribution in [-0.4, -0.2) is 140 Å². The number of amides is 1. The first-order chi connectivity index (χ1) is 29.1. The molecule has 4 aromatic heterocycles. The lowest BCUT2D eigenvalue weighted by Gasteiger charge is -2.64. The molecule has 0 aliphatic carbocycles. The standard InChI is InChI=1S/C42H43F3N12O3/c1-23-47-33-13-25(44)11-29-32-5-4-6-36(49-32)48-26-14-35(40(58)52(2)17-28(59-3)18-54(23)37(29)33)55(16-26)38-30-15-46-57(34-8-7-24(43)12-31(34)45)39(30)51-41(50-38)56-10-9-42(56)21-53(22-42)27-19-60-20-27/h4-8,11-13,15,26-28,35H,9-10,14,16-22H2,1-3H3,(H,48,49)/t26-,28-,35-/m0/s1. The predicted octanol–water partition coefficient (Wildman–Crippen LogP) is 4.16. The van der Waals surface area contributed by atoms with Crippen molar-refractivity contribution >= 4 is 45.6 Å². The molecular formula is C42H43F3N12O3. The number of likely N-dealkylation sites (tertiary alicyclic amines) is 1. The van der Waals surface area contributed by atoms with Gasteiger partial charge in [0.05, 0.1) is 65.8 Å². The molecule has 15 nitrogen and oxygen atoms in total. The minimum atomic E-state index is -0.785. The van der Waals surface area contributed by atoms with Gasteiger partial charge in [-0.3, -0.25) is 9.69 Å². The zero-order chi connectivity index (χ0) is 41.0. The van der Waals surface area contributed by atoms with Gasteiger partial charge < -0.3 is 34.1 Å². The number of anilines is 3. The number of hydrogen-bond acceptors (Lipinski definition) is 12. The summed E-state index contributed by atoms with van der Waals surface area (Å²) in [6, 6.07) is 11.3. The Balaban J connectivity index is 1.02. The van der Waals surface area contributed by atoms with Crippen LogP contribution in [0, 0.1) is 24.4 Å². The second kappa shape index (κ2) is 13.9. The largest absolute Gasteiger partial charge is 0.378 e. The number of aromatic nitrogens is 7. The van der Waals surface area contributed by atoms with Gasteiger partial charge in [0.1, 0.15) is 40.8 Å². The van der Waals surface area contributed by atoms with E-state index < -0.39 is 29.6 Å². The van der Waals surface area contributed by atoms with E-state index in [1.807, 2.05) is 34.6 Å². The zero-order valence-corrected chi connectivity index (χ0v) is 33.4. The number of hydrogen-bond donors (Lipinski definition) is 1. The van der Waals surface area contributed by atoms with Crippen LogP contribution >= 0.6 is 0 Å². The molecule has 1 N–H and O–H groups in total. The van der Waals surface area contributed by atoms with Gasteiger partial charge in [-0.1, -0.05) is 6.07 Å². The molecule has 9 heterocycles. The molecule has 4 fully saturated rings. The second-order valence-electron chi connectivity index (χ2n) is 16.8. The Morgan fingerprint density at radius 2 is 1.82 bits per heavy atom. The summed E-state index contributed by atoms with van der Waals surface area (Å²) in [7, 11) is 3.38. The lowest BCUT2D eigenvalue weighted by Crippen LogP contribution is -2.80. The normalized spacial score (nSPS) is 23.1. The number of ether oxygens (including phenoxy) is 2. The predicted molar refractivity (Wildman–Crippen MR) is 217 cm³/mol. The summed E-state index contributed by atoms with van der Waals surface area (Å²) in [5.41, 5.74) is 2.63. The summed E-state index contributed by atoms with van der Waals surface area (Å²) < 4.78 is 59.6.